The number of carbonyl (C=O) groups is 3. The lowest BCUT2D eigenvalue weighted by molar-refractivity contribution is -0.143. The van der Waals surface area contributed by atoms with Gasteiger partial charge in [-0.2, -0.15) is 0 Å². The van der Waals surface area contributed by atoms with Crippen molar-refractivity contribution in [1.82, 2.24) is 15.1 Å². The molecule has 2 atom stereocenters. The van der Waals surface area contributed by atoms with Gasteiger partial charge in [0.2, 0.25) is 11.8 Å². The van der Waals surface area contributed by atoms with Crippen LogP contribution < -0.4 is 20.1 Å². The van der Waals surface area contributed by atoms with Crippen LogP contribution in [0.25, 0.3) is 0 Å². The van der Waals surface area contributed by atoms with Gasteiger partial charge in [0.15, 0.2) is 0 Å². The van der Waals surface area contributed by atoms with Crippen molar-refractivity contribution in [3.8, 4) is 11.5 Å². The zero-order chi connectivity index (χ0) is 24.1. The van der Waals surface area contributed by atoms with Crippen LogP contribution in [0.3, 0.4) is 0 Å². The molecule has 2 aliphatic heterocycles. The first-order valence-electron chi connectivity index (χ1n) is 11.5. The molecule has 2 aliphatic rings. The average molecular weight is 467 g/mol. The normalized spacial score (nSPS) is 20.1. The molecule has 2 unspecified atom stereocenters. The number of hydrogen-bond acceptors (Lipinski definition) is 6. The number of piperidine rings is 1. The Morgan fingerprint density at radius 1 is 1.12 bits per heavy atom. The van der Waals surface area contributed by atoms with Crippen LogP contribution in [0.4, 0.5) is 10.5 Å². The number of urea groups is 1. The fraction of sp³-hybridized carbons (Fsp3) is 0.400. The van der Waals surface area contributed by atoms with Gasteiger partial charge in [0.1, 0.15) is 18.0 Å². The first-order chi connectivity index (χ1) is 16.5. The third-order valence-corrected chi connectivity index (χ3v) is 6.12. The van der Waals surface area contributed by atoms with Gasteiger partial charge in [-0.25, -0.2) is 4.79 Å². The van der Waals surface area contributed by atoms with Gasteiger partial charge in [-0.1, -0.05) is 30.3 Å². The lowest BCUT2D eigenvalue weighted by atomic mass is 9.91. The van der Waals surface area contributed by atoms with Crippen LogP contribution in [0.1, 0.15) is 25.3 Å². The summed E-state index contributed by atoms with van der Waals surface area (Å²) in [6, 6.07) is 13.9. The maximum atomic E-state index is 13.5. The Morgan fingerprint density at radius 3 is 2.62 bits per heavy atom. The van der Waals surface area contributed by atoms with Crippen molar-refractivity contribution in [2.45, 2.75) is 32.5 Å². The molecule has 2 N–H and O–H groups in total. The van der Waals surface area contributed by atoms with E-state index in [4.69, 9.17) is 9.47 Å². The summed E-state index contributed by atoms with van der Waals surface area (Å²) < 4.78 is 11.0. The van der Waals surface area contributed by atoms with Gasteiger partial charge in [0.25, 0.3) is 0 Å². The van der Waals surface area contributed by atoms with Gasteiger partial charge < -0.3 is 14.8 Å². The fourth-order valence-corrected chi connectivity index (χ4v) is 4.54. The number of imide groups is 1. The number of benzene rings is 2. The predicted molar refractivity (Wildman–Crippen MR) is 126 cm³/mol. The van der Waals surface area contributed by atoms with E-state index in [1.54, 1.807) is 31.4 Å². The van der Waals surface area contributed by atoms with Gasteiger partial charge in [0.05, 0.1) is 38.0 Å². The number of amides is 4. The van der Waals surface area contributed by atoms with E-state index in [0.717, 1.165) is 12.0 Å². The van der Waals surface area contributed by atoms with Crippen molar-refractivity contribution in [3.63, 3.8) is 0 Å². The van der Waals surface area contributed by atoms with E-state index < -0.39 is 18.1 Å². The Morgan fingerprint density at radius 2 is 1.85 bits per heavy atom. The largest absolute Gasteiger partial charge is 0.496 e. The summed E-state index contributed by atoms with van der Waals surface area (Å²) in [4.78, 5) is 42.5. The number of hydrogen-bond donors (Lipinski definition) is 2. The van der Waals surface area contributed by atoms with Crippen LogP contribution >= 0.6 is 0 Å². The van der Waals surface area contributed by atoms with Gasteiger partial charge in [0, 0.05) is 5.56 Å². The van der Waals surface area contributed by atoms with E-state index >= 15 is 0 Å². The molecule has 9 nitrogen and oxygen atoms in total. The highest BCUT2D eigenvalue weighted by atomic mass is 16.5. The summed E-state index contributed by atoms with van der Waals surface area (Å²) in [5.74, 6) is 0.156. The maximum Gasteiger partial charge on any atom is 0.328 e. The van der Waals surface area contributed by atoms with Gasteiger partial charge >= 0.3 is 6.03 Å². The van der Waals surface area contributed by atoms with Crippen LogP contribution in [0.15, 0.2) is 48.5 Å². The van der Waals surface area contributed by atoms with Crippen LogP contribution in [-0.2, 0) is 16.1 Å². The van der Waals surface area contributed by atoms with Crippen molar-refractivity contribution in [3.05, 3.63) is 54.1 Å². The molecule has 2 aromatic rings. The second-order valence-corrected chi connectivity index (χ2v) is 8.27. The van der Waals surface area contributed by atoms with Gasteiger partial charge in [-0.15, -0.1) is 0 Å². The Labute approximate surface area is 199 Å². The third-order valence-electron chi connectivity index (χ3n) is 6.12. The van der Waals surface area contributed by atoms with E-state index in [2.05, 4.69) is 10.6 Å². The number of anilines is 1. The van der Waals surface area contributed by atoms with Gasteiger partial charge in [-0.3, -0.25) is 24.7 Å². The lowest BCUT2D eigenvalue weighted by Gasteiger charge is -2.46. The number of ether oxygens (including phenoxy) is 2. The molecule has 34 heavy (non-hydrogen) atoms. The van der Waals surface area contributed by atoms with E-state index in [9.17, 15) is 14.4 Å². The molecule has 180 valence electrons. The molecule has 2 heterocycles. The maximum absolute atomic E-state index is 13.5. The van der Waals surface area contributed by atoms with Crippen molar-refractivity contribution in [2.75, 3.05) is 32.1 Å². The lowest BCUT2D eigenvalue weighted by Crippen LogP contribution is -2.68. The second kappa shape index (κ2) is 10.6. The molecule has 9 heteroatoms. The minimum Gasteiger partial charge on any atom is -0.496 e. The number of rotatable bonds is 8. The molecule has 0 spiro atoms. The summed E-state index contributed by atoms with van der Waals surface area (Å²) in [6.45, 7) is 2.90. The number of methoxy groups -OCH3 is 1. The first kappa shape index (κ1) is 23.6. The van der Waals surface area contributed by atoms with Crippen LogP contribution in [-0.4, -0.2) is 60.6 Å². The minimum atomic E-state index is -0.518. The van der Waals surface area contributed by atoms with Crippen LogP contribution in [0.5, 0.6) is 11.5 Å². The molecular weight excluding hydrogens is 436 g/mol. The summed E-state index contributed by atoms with van der Waals surface area (Å²) >= 11 is 0. The third kappa shape index (κ3) is 4.84. The highest BCUT2D eigenvalue weighted by Gasteiger charge is 2.47. The Hall–Kier alpha value is -3.59. The standard InChI is InChI=1S/C25H30N4O5/c1-3-34-21-13-7-5-11-19(21)27-22(30)16-28-23-18(10-8-14-26-23)24(31)29(25(28)32)15-17-9-4-6-12-20(17)33-2/h4-7,9,11-13,18,23,26H,3,8,10,14-16H2,1-2H3,(H,27,30). The SMILES string of the molecule is CCOc1ccccc1NC(=O)CN1C(=O)N(Cc2ccccc2OC)C(=O)C2CCCNC21. The quantitative estimate of drug-likeness (QED) is 0.621. The Kier molecular flexibility index (Phi) is 7.32. The molecule has 0 aromatic heterocycles. The summed E-state index contributed by atoms with van der Waals surface area (Å²) in [5, 5.41) is 6.11. The molecule has 4 amide bonds. The molecule has 2 fully saturated rings. The van der Waals surface area contributed by atoms with Crippen molar-refractivity contribution in [2.24, 2.45) is 5.92 Å². The highest BCUT2D eigenvalue weighted by Crippen LogP contribution is 2.31. The fourth-order valence-electron chi connectivity index (χ4n) is 4.54. The molecule has 0 saturated carbocycles. The average Bonchev–Trinajstić information content (AvgIpc) is 2.86. The van der Waals surface area contributed by atoms with Crippen LogP contribution in [0.2, 0.25) is 0 Å². The van der Waals surface area contributed by atoms with Crippen molar-refractivity contribution < 1.29 is 23.9 Å². The van der Waals surface area contributed by atoms with E-state index in [1.165, 1.54) is 9.80 Å². The molecule has 2 aromatic carbocycles. The molecule has 0 aliphatic carbocycles. The summed E-state index contributed by atoms with van der Waals surface area (Å²) in [5.41, 5.74) is 1.26. The molecule has 2 saturated heterocycles. The molecule has 4 rings (SSSR count). The number of carbonyl (C=O) groups excluding carboxylic acids is 3. The van der Waals surface area contributed by atoms with E-state index in [1.807, 2.05) is 31.2 Å². The number of nitrogens with zero attached hydrogens (tertiary/aromatic N) is 2. The number of fused-ring (bicyclic) bond motifs is 1. The Balaban J connectivity index is 1.56. The van der Waals surface area contributed by atoms with Gasteiger partial charge in [-0.05, 0) is 44.5 Å². The monoisotopic (exact) mass is 466 g/mol. The minimum absolute atomic E-state index is 0.0796. The first-order valence-corrected chi connectivity index (χ1v) is 11.5. The van der Waals surface area contributed by atoms with Crippen molar-refractivity contribution in [1.29, 1.82) is 0 Å². The highest BCUT2D eigenvalue weighted by molar-refractivity contribution is 6.01. The van der Waals surface area contributed by atoms with E-state index in [0.29, 0.717) is 36.8 Å². The predicted octanol–water partition coefficient (Wildman–Crippen LogP) is 2.82. The zero-order valence-electron chi connectivity index (χ0n) is 19.5. The zero-order valence-corrected chi connectivity index (χ0v) is 19.5. The van der Waals surface area contributed by atoms with Crippen LogP contribution in [0, 0.1) is 5.92 Å². The molecule has 0 bridgehead atoms. The Bertz CT molecular complexity index is 1060. The van der Waals surface area contributed by atoms with Crippen molar-refractivity contribution >= 4 is 23.5 Å². The smallest absolute Gasteiger partial charge is 0.328 e. The van der Waals surface area contributed by atoms with E-state index in [-0.39, 0.29) is 24.9 Å². The summed E-state index contributed by atoms with van der Waals surface area (Å²) in [6.07, 6.45) is 0.957. The summed E-state index contributed by atoms with van der Waals surface area (Å²) in [7, 11) is 1.55. The second-order valence-electron chi connectivity index (χ2n) is 8.27. The molecular formula is C25H30N4O5. The molecule has 0 radical (unpaired) electrons. The number of para-hydroxylation sites is 3. The topological polar surface area (TPSA) is 100 Å². The number of nitrogens with one attached hydrogen (secondary N) is 2.